The van der Waals surface area contributed by atoms with Crippen LogP contribution in [0.1, 0.15) is 20.9 Å². The van der Waals surface area contributed by atoms with E-state index < -0.39 is 11.8 Å². The highest BCUT2D eigenvalue weighted by atomic mass is 16.5. The Balaban J connectivity index is 2.64. The van der Waals surface area contributed by atoms with Crippen molar-refractivity contribution < 1.29 is 14.1 Å². The van der Waals surface area contributed by atoms with E-state index in [-0.39, 0.29) is 17.0 Å². The Morgan fingerprint density at radius 1 is 1.06 bits per heavy atom. The monoisotopic (exact) mass is 231 g/mol. The number of hydrogen-bond donors (Lipinski definition) is 2. The molecular weight excluding hydrogens is 222 g/mol. The first-order chi connectivity index (χ1) is 8.11. The summed E-state index contributed by atoms with van der Waals surface area (Å²) in [6.07, 6.45) is 0. The third-order valence-corrected chi connectivity index (χ3v) is 2.21. The third-order valence-electron chi connectivity index (χ3n) is 2.21. The number of carbonyl (C=O) groups is 2. The third kappa shape index (κ3) is 1.87. The number of benzene rings is 1. The largest absolute Gasteiger partial charge is 0.365 e. The SMILES string of the molecule is NC(=O)c1onc(-c2ccccc2)c1C(N)=O. The van der Waals surface area contributed by atoms with Crippen molar-refractivity contribution in [3.05, 3.63) is 41.7 Å². The average Bonchev–Trinajstić information content (AvgIpc) is 2.74. The molecule has 0 aliphatic heterocycles. The predicted molar refractivity (Wildman–Crippen MR) is 59.0 cm³/mol. The Hall–Kier alpha value is -2.63. The van der Waals surface area contributed by atoms with E-state index in [1.54, 1.807) is 24.3 Å². The van der Waals surface area contributed by atoms with Crippen LogP contribution >= 0.6 is 0 Å². The highest BCUT2D eigenvalue weighted by molar-refractivity contribution is 6.08. The molecule has 1 heterocycles. The molecule has 86 valence electrons. The van der Waals surface area contributed by atoms with Gasteiger partial charge in [0.05, 0.1) is 0 Å². The molecule has 0 bridgehead atoms. The summed E-state index contributed by atoms with van der Waals surface area (Å²) < 4.78 is 4.75. The summed E-state index contributed by atoms with van der Waals surface area (Å²) in [5, 5.41) is 3.65. The molecule has 2 aromatic rings. The molecule has 6 heteroatoms. The van der Waals surface area contributed by atoms with Crippen LogP contribution in [-0.4, -0.2) is 17.0 Å². The lowest BCUT2D eigenvalue weighted by Gasteiger charge is -1.97. The summed E-state index contributed by atoms with van der Waals surface area (Å²) >= 11 is 0. The molecule has 0 fully saturated rings. The zero-order valence-corrected chi connectivity index (χ0v) is 8.71. The lowest BCUT2D eigenvalue weighted by molar-refractivity contribution is 0.0941. The first-order valence-electron chi connectivity index (χ1n) is 4.76. The van der Waals surface area contributed by atoms with E-state index in [1.165, 1.54) is 0 Å². The van der Waals surface area contributed by atoms with Crippen molar-refractivity contribution in [3.8, 4) is 11.3 Å². The normalized spacial score (nSPS) is 10.1. The van der Waals surface area contributed by atoms with Crippen LogP contribution in [0.5, 0.6) is 0 Å². The van der Waals surface area contributed by atoms with Crippen molar-refractivity contribution in [2.45, 2.75) is 0 Å². The molecule has 0 spiro atoms. The summed E-state index contributed by atoms with van der Waals surface area (Å²) in [4.78, 5) is 22.3. The van der Waals surface area contributed by atoms with Crippen molar-refractivity contribution in [2.75, 3.05) is 0 Å². The van der Waals surface area contributed by atoms with Gasteiger partial charge in [0, 0.05) is 5.56 Å². The molecule has 1 aromatic carbocycles. The molecular formula is C11H9N3O3. The second-order valence-electron chi connectivity index (χ2n) is 3.33. The average molecular weight is 231 g/mol. The summed E-state index contributed by atoms with van der Waals surface area (Å²) in [6.45, 7) is 0. The second-order valence-corrected chi connectivity index (χ2v) is 3.33. The summed E-state index contributed by atoms with van der Waals surface area (Å²) in [5.74, 6) is -2.01. The van der Waals surface area contributed by atoms with Crippen molar-refractivity contribution in [1.82, 2.24) is 5.16 Å². The van der Waals surface area contributed by atoms with Gasteiger partial charge in [-0.3, -0.25) is 9.59 Å². The van der Waals surface area contributed by atoms with Gasteiger partial charge in [0.15, 0.2) is 0 Å². The van der Waals surface area contributed by atoms with Crippen molar-refractivity contribution in [2.24, 2.45) is 11.5 Å². The Morgan fingerprint density at radius 2 is 1.71 bits per heavy atom. The Labute approximate surface area is 96.2 Å². The number of amides is 2. The van der Waals surface area contributed by atoms with Gasteiger partial charge in [0.1, 0.15) is 11.3 Å². The summed E-state index contributed by atoms with van der Waals surface area (Å²) in [7, 11) is 0. The Morgan fingerprint density at radius 3 is 2.24 bits per heavy atom. The fourth-order valence-corrected chi connectivity index (χ4v) is 1.48. The topological polar surface area (TPSA) is 112 Å². The summed E-state index contributed by atoms with van der Waals surface area (Å²) in [5.41, 5.74) is 11.0. The van der Waals surface area contributed by atoms with Gasteiger partial charge in [-0.15, -0.1) is 0 Å². The second kappa shape index (κ2) is 4.09. The van der Waals surface area contributed by atoms with Gasteiger partial charge in [-0.1, -0.05) is 35.5 Å². The number of nitrogens with zero attached hydrogens (tertiary/aromatic N) is 1. The molecule has 4 N–H and O–H groups in total. The van der Waals surface area contributed by atoms with E-state index >= 15 is 0 Å². The van der Waals surface area contributed by atoms with Gasteiger partial charge in [-0.2, -0.15) is 0 Å². The fourth-order valence-electron chi connectivity index (χ4n) is 1.48. The molecule has 0 radical (unpaired) electrons. The highest BCUT2D eigenvalue weighted by Crippen LogP contribution is 2.24. The molecule has 0 saturated carbocycles. The lowest BCUT2D eigenvalue weighted by Crippen LogP contribution is -2.19. The maximum absolute atomic E-state index is 11.3. The van der Waals surface area contributed by atoms with Gasteiger partial charge < -0.3 is 16.0 Å². The lowest BCUT2D eigenvalue weighted by atomic mass is 10.1. The van der Waals surface area contributed by atoms with Crippen LogP contribution in [0, 0.1) is 0 Å². The van der Waals surface area contributed by atoms with Crippen LogP contribution in [0.3, 0.4) is 0 Å². The van der Waals surface area contributed by atoms with E-state index in [1.807, 2.05) is 6.07 Å². The standard InChI is InChI=1S/C11H9N3O3/c12-10(15)7-8(6-4-2-1-3-5-6)14-17-9(7)11(13)16/h1-5H,(H2,12,15)(H2,13,16). The molecule has 2 amide bonds. The minimum atomic E-state index is -0.881. The minimum Gasteiger partial charge on any atom is -0.365 e. The number of primary amides is 2. The van der Waals surface area contributed by atoms with Crippen LogP contribution in [-0.2, 0) is 0 Å². The highest BCUT2D eigenvalue weighted by Gasteiger charge is 2.25. The van der Waals surface area contributed by atoms with Crippen LogP contribution in [0.25, 0.3) is 11.3 Å². The van der Waals surface area contributed by atoms with Crippen molar-refractivity contribution in [3.63, 3.8) is 0 Å². The van der Waals surface area contributed by atoms with E-state index in [0.29, 0.717) is 5.56 Å². The number of hydrogen-bond acceptors (Lipinski definition) is 4. The maximum atomic E-state index is 11.3. The molecule has 2 rings (SSSR count). The molecule has 0 aliphatic carbocycles. The molecule has 0 unspecified atom stereocenters. The smallest absolute Gasteiger partial charge is 0.288 e. The minimum absolute atomic E-state index is 0.0938. The zero-order chi connectivity index (χ0) is 12.4. The van der Waals surface area contributed by atoms with Gasteiger partial charge >= 0.3 is 0 Å². The van der Waals surface area contributed by atoms with Crippen molar-refractivity contribution >= 4 is 11.8 Å². The van der Waals surface area contributed by atoms with E-state index in [9.17, 15) is 9.59 Å². The van der Waals surface area contributed by atoms with Crippen LogP contribution in [0.15, 0.2) is 34.9 Å². The zero-order valence-electron chi connectivity index (χ0n) is 8.71. The fraction of sp³-hybridized carbons (Fsp3) is 0. The van der Waals surface area contributed by atoms with Crippen molar-refractivity contribution in [1.29, 1.82) is 0 Å². The molecule has 0 atom stereocenters. The Bertz CT molecular complexity index is 575. The number of nitrogens with two attached hydrogens (primary N) is 2. The molecule has 1 aromatic heterocycles. The van der Waals surface area contributed by atoms with E-state index in [4.69, 9.17) is 16.0 Å². The van der Waals surface area contributed by atoms with Gasteiger partial charge in [0.2, 0.25) is 5.76 Å². The van der Waals surface area contributed by atoms with Gasteiger partial charge in [0.25, 0.3) is 11.8 Å². The molecule has 17 heavy (non-hydrogen) atoms. The van der Waals surface area contributed by atoms with Crippen LogP contribution < -0.4 is 11.5 Å². The van der Waals surface area contributed by atoms with E-state index in [2.05, 4.69) is 5.16 Å². The maximum Gasteiger partial charge on any atom is 0.288 e. The van der Waals surface area contributed by atoms with E-state index in [0.717, 1.165) is 0 Å². The van der Waals surface area contributed by atoms with Gasteiger partial charge in [-0.05, 0) is 0 Å². The molecule has 6 nitrogen and oxygen atoms in total. The molecule has 0 saturated heterocycles. The van der Waals surface area contributed by atoms with Crippen LogP contribution in [0.2, 0.25) is 0 Å². The molecule has 0 aliphatic rings. The summed E-state index contributed by atoms with van der Waals surface area (Å²) in [6, 6.07) is 8.77. The predicted octanol–water partition coefficient (Wildman–Crippen LogP) is 0.539. The quantitative estimate of drug-likeness (QED) is 0.802. The Kier molecular flexibility index (Phi) is 2.61. The number of rotatable bonds is 3. The number of carbonyl (C=O) groups excluding carboxylic acids is 2. The number of aromatic nitrogens is 1. The first kappa shape index (κ1) is 10.9. The first-order valence-corrected chi connectivity index (χ1v) is 4.76. The van der Waals surface area contributed by atoms with Crippen LogP contribution in [0.4, 0.5) is 0 Å². The van der Waals surface area contributed by atoms with Gasteiger partial charge in [-0.25, -0.2) is 0 Å².